The average molecular weight is 234 g/mol. The topological polar surface area (TPSA) is 29.5 Å². The summed E-state index contributed by atoms with van der Waals surface area (Å²) >= 11 is 0. The van der Waals surface area contributed by atoms with Gasteiger partial charge in [-0.25, -0.2) is 0 Å². The molecule has 17 heavy (non-hydrogen) atoms. The Morgan fingerprint density at radius 3 is 2.59 bits per heavy atom. The maximum Gasteiger partial charge on any atom is 0.122 e. The lowest BCUT2D eigenvalue weighted by atomic mass is 9.77. The van der Waals surface area contributed by atoms with Crippen LogP contribution in [0.5, 0.6) is 5.75 Å². The molecule has 0 aromatic heterocycles. The Morgan fingerprint density at radius 1 is 1.24 bits per heavy atom. The minimum absolute atomic E-state index is 0.227. The summed E-state index contributed by atoms with van der Waals surface area (Å²) in [5, 5.41) is 9.70. The third-order valence-corrected chi connectivity index (χ3v) is 3.95. The molecule has 0 saturated heterocycles. The molecule has 1 aliphatic carbocycles. The highest BCUT2D eigenvalue weighted by atomic mass is 16.5. The number of ether oxygens (including phenoxy) is 1. The normalized spacial score (nSPS) is 18.9. The van der Waals surface area contributed by atoms with Crippen molar-refractivity contribution < 1.29 is 9.84 Å². The van der Waals surface area contributed by atoms with Crippen LogP contribution in [0.3, 0.4) is 0 Å². The van der Waals surface area contributed by atoms with E-state index in [2.05, 4.69) is 6.07 Å². The molecule has 0 aliphatic heterocycles. The minimum Gasteiger partial charge on any atom is -0.496 e. The van der Waals surface area contributed by atoms with E-state index in [9.17, 15) is 5.11 Å². The summed E-state index contributed by atoms with van der Waals surface area (Å²) in [7, 11) is 1.70. The van der Waals surface area contributed by atoms with E-state index in [1.807, 2.05) is 18.2 Å². The van der Waals surface area contributed by atoms with E-state index in [1.165, 1.54) is 37.7 Å². The van der Waals surface area contributed by atoms with Crippen molar-refractivity contribution in [3.05, 3.63) is 29.8 Å². The summed E-state index contributed by atoms with van der Waals surface area (Å²) in [5.74, 6) is 1.77. The molecule has 0 amide bonds. The number of hydrogen-bond donors (Lipinski definition) is 1. The SMILES string of the molecule is COc1ccccc1C(CO)C1CCCCC1. The highest BCUT2D eigenvalue weighted by molar-refractivity contribution is 5.36. The fourth-order valence-electron chi connectivity index (χ4n) is 3.01. The smallest absolute Gasteiger partial charge is 0.122 e. The van der Waals surface area contributed by atoms with Crippen molar-refractivity contribution in [2.45, 2.75) is 38.0 Å². The molecule has 2 heteroatoms. The lowest BCUT2D eigenvalue weighted by Gasteiger charge is -2.30. The first-order valence-electron chi connectivity index (χ1n) is 6.60. The first kappa shape index (κ1) is 12.4. The minimum atomic E-state index is 0.227. The molecular weight excluding hydrogens is 212 g/mol. The lowest BCUT2D eigenvalue weighted by molar-refractivity contribution is 0.193. The van der Waals surface area contributed by atoms with Crippen molar-refractivity contribution in [1.29, 1.82) is 0 Å². The zero-order valence-electron chi connectivity index (χ0n) is 10.6. The van der Waals surface area contributed by atoms with E-state index in [0.717, 1.165) is 5.75 Å². The van der Waals surface area contributed by atoms with E-state index in [-0.39, 0.29) is 12.5 Å². The van der Waals surface area contributed by atoms with Crippen molar-refractivity contribution in [3.63, 3.8) is 0 Å². The molecule has 2 rings (SSSR count). The molecule has 94 valence electrons. The van der Waals surface area contributed by atoms with E-state index in [1.54, 1.807) is 7.11 Å². The molecule has 1 fully saturated rings. The van der Waals surface area contributed by atoms with Crippen molar-refractivity contribution in [3.8, 4) is 5.75 Å². The number of rotatable bonds is 4. The van der Waals surface area contributed by atoms with Gasteiger partial charge in [0.05, 0.1) is 13.7 Å². The third kappa shape index (κ3) is 2.81. The second-order valence-electron chi connectivity index (χ2n) is 4.93. The number of para-hydroxylation sites is 1. The highest BCUT2D eigenvalue weighted by Crippen LogP contribution is 2.38. The largest absolute Gasteiger partial charge is 0.496 e. The van der Waals surface area contributed by atoms with Crippen LogP contribution in [0.4, 0.5) is 0 Å². The van der Waals surface area contributed by atoms with Crippen molar-refractivity contribution in [2.24, 2.45) is 5.92 Å². The maximum atomic E-state index is 9.70. The molecule has 0 spiro atoms. The van der Waals surface area contributed by atoms with E-state index in [4.69, 9.17) is 4.74 Å². The summed E-state index contributed by atoms with van der Waals surface area (Å²) in [6.07, 6.45) is 6.43. The summed E-state index contributed by atoms with van der Waals surface area (Å²) in [5.41, 5.74) is 1.17. The van der Waals surface area contributed by atoms with Gasteiger partial charge in [-0.2, -0.15) is 0 Å². The quantitative estimate of drug-likeness (QED) is 0.865. The molecule has 0 bridgehead atoms. The van der Waals surface area contributed by atoms with Crippen LogP contribution < -0.4 is 4.74 Å². The van der Waals surface area contributed by atoms with Gasteiger partial charge >= 0.3 is 0 Å². The lowest BCUT2D eigenvalue weighted by Crippen LogP contribution is -2.20. The fraction of sp³-hybridized carbons (Fsp3) is 0.600. The second kappa shape index (κ2) is 6.06. The van der Waals surface area contributed by atoms with Gasteiger partial charge in [0.2, 0.25) is 0 Å². The molecule has 1 unspecified atom stereocenters. The fourth-order valence-corrected chi connectivity index (χ4v) is 3.01. The number of benzene rings is 1. The highest BCUT2D eigenvalue weighted by Gasteiger charge is 2.26. The molecule has 1 aliphatic rings. The van der Waals surface area contributed by atoms with Crippen LogP contribution >= 0.6 is 0 Å². The number of methoxy groups -OCH3 is 1. The summed E-state index contributed by atoms with van der Waals surface area (Å²) in [6.45, 7) is 0.227. The van der Waals surface area contributed by atoms with Crippen LogP contribution in [0.1, 0.15) is 43.6 Å². The summed E-state index contributed by atoms with van der Waals surface area (Å²) < 4.78 is 5.41. The molecule has 2 nitrogen and oxygen atoms in total. The van der Waals surface area contributed by atoms with Gasteiger partial charge in [0.1, 0.15) is 5.75 Å². The third-order valence-electron chi connectivity index (χ3n) is 3.95. The average Bonchev–Trinajstić information content (AvgIpc) is 2.41. The Hall–Kier alpha value is -1.02. The molecule has 1 atom stereocenters. The molecule has 1 N–H and O–H groups in total. The van der Waals surface area contributed by atoms with Gasteiger partial charge in [-0.3, -0.25) is 0 Å². The van der Waals surface area contributed by atoms with E-state index < -0.39 is 0 Å². The van der Waals surface area contributed by atoms with Gasteiger partial charge in [-0.1, -0.05) is 37.5 Å². The second-order valence-corrected chi connectivity index (χ2v) is 4.93. The Labute approximate surface area is 104 Å². The summed E-state index contributed by atoms with van der Waals surface area (Å²) in [4.78, 5) is 0. The molecule has 1 aromatic rings. The van der Waals surface area contributed by atoms with Crippen LogP contribution in [0.25, 0.3) is 0 Å². The van der Waals surface area contributed by atoms with Gasteiger partial charge in [-0.05, 0) is 30.4 Å². The molecule has 1 saturated carbocycles. The maximum absolute atomic E-state index is 9.70. The van der Waals surface area contributed by atoms with Crippen LogP contribution in [-0.2, 0) is 0 Å². The molecule has 1 aromatic carbocycles. The van der Waals surface area contributed by atoms with Gasteiger partial charge in [0.15, 0.2) is 0 Å². The Morgan fingerprint density at radius 2 is 1.94 bits per heavy atom. The zero-order chi connectivity index (χ0) is 12.1. The van der Waals surface area contributed by atoms with Crippen LogP contribution in [-0.4, -0.2) is 18.8 Å². The Kier molecular flexibility index (Phi) is 4.43. The van der Waals surface area contributed by atoms with Crippen LogP contribution in [0, 0.1) is 5.92 Å². The van der Waals surface area contributed by atoms with Gasteiger partial charge in [0.25, 0.3) is 0 Å². The number of hydrogen-bond acceptors (Lipinski definition) is 2. The van der Waals surface area contributed by atoms with Crippen molar-refractivity contribution in [2.75, 3.05) is 13.7 Å². The monoisotopic (exact) mass is 234 g/mol. The number of aliphatic hydroxyl groups excluding tert-OH is 1. The van der Waals surface area contributed by atoms with E-state index >= 15 is 0 Å². The first-order chi connectivity index (χ1) is 8.36. The predicted octanol–water partition coefficient (Wildman–Crippen LogP) is 3.35. The van der Waals surface area contributed by atoms with Crippen molar-refractivity contribution in [1.82, 2.24) is 0 Å². The van der Waals surface area contributed by atoms with Crippen molar-refractivity contribution >= 4 is 0 Å². The molecule has 0 radical (unpaired) electrons. The zero-order valence-corrected chi connectivity index (χ0v) is 10.6. The Bertz CT molecular complexity index is 343. The predicted molar refractivity (Wildman–Crippen MR) is 69.4 cm³/mol. The Balaban J connectivity index is 2.21. The molecule has 0 heterocycles. The standard InChI is InChI=1S/C15H22O2/c1-17-15-10-6-5-9-13(15)14(11-16)12-7-3-2-4-8-12/h5-6,9-10,12,14,16H,2-4,7-8,11H2,1H3. The summed E-state index contributed by atoms with van der Waals surface area (Å²) in [6, 6.07) is 8.09. The van der Waals surface area contributed by atoms with Crippen LogP contribution in [0.2, 0.25) is 0 Å². The van der Waals surface area contributed by atoms with Gasteiger partial charge in [0, 0.05) is 5.92 Å². The van der Waals surface area contributed by atoms with Gasteiger partial charge < -0.3 is 9.84 Å². The number of aliphatic hydroxyl groups is 1. The molecular formula is C15H22O2. The first-order valence-corrected chi connectivity index (χ1v) is 6.60. The van der Waals surface area contributed by atoms with Crippen LogP contribution in [0.15, 0.2) is 24.3 Å². The van der Waals surface area contributed by atoms with E-state index in [0.29, 0.717) is 5.92 Å². The van der Waals surface area contributed by atoms with Gasteiger partial charge in [-0.15, -0.1) is 0 Å².